The van der Waals surface area contributed by atoms with Gasteiger partial charge in [-0.25, -0.2) is 9.97 Å². The van der Waals surface area contributed by atoms with Crippen LogP contribution in [0.25, 0.3) is 11.0 Å². The van der Waals surface area contributed by atoms with Gasteiger partial charge in [-0.15, -0.1) is 0 Å². The van der Waals surface area contributed by atoms with E-state index in [2.05, 4.69) is 25.9 Å². The number of para-hydroxylation sites is 3. The van der Waals surface area contributed by atoms with Crippen LogP contribution in [-0.2, 0) is 0 Å². The molecular formula is C20H23N5O2S. The normalized spacial score (nSPS) is 13.2. The van der Waals surface area contributed by atoms with Crippen LogP contribution < -0.4 is 25.4 Å². The quantitative estimate of drug-likeness (QED) is 0.582. The number of ether oxygens (including phenoxy) is 2. The highest BCUT2D eigenvalue weighted by Gasteiger charge is 2.11. The van der Waals surface area contributed by atoms with E-state index >= 15 is 0 Å². The second-order valence-corrected chi connectivity index (χ2v) is 6.27. The summed E-state index contributed by atoms with van der Waals surface area (Å²) >= 11 is 5.19. The molecule has 8 heteroatoms. The van der Waals surface area contributed by atoms with E-state index in [0.29, 0.717) is 17.4 Å². The molecule has 2 heterocycles. The number of rotatable bonds is 3. The molecule has 0 bridgehead atoms. The Balaban J connectivity index is 0.000000320. The molecule has 0 saturated carbocycles. The maximum atomic E-state index is 5.53. The zero-order valence-electron chi connectivity index (χ0n) is 15.6. The van der Waals surface area contributed by atoms with Crippen molar-refractivity contribution in [1.82, 2.24) is 20.6 Å². The Morgan fingerprint density at radius 1 is 0.893 bits per heavy atom. The van der Waals surface area contributed by atoms with Crippen molar-refractivity contribution in [2.24, 2.45) is 0 Å². The van der Waals surface area contributed by atoms with E-state index in [1.807, 2.05) is 54.6 Å². The molecule has 0 spiro atoms. The number of hydrogen-bond donors (Lipinski definition) is 3. The first-order valence-corrected chi connectivity index (χ1v) is 9.43. The lowest BCUT2D eigenvalue weighted by atomic mass is 10.3. The van der Waals surface area contributed by atoms with Gasteiger partial charge in [-0.2, -0.15) is 0 Å². The maximum absolute atomic E-state index is 5.53. The molecule has 1 aromatic heterocycles. The number of methoxy groups -OCH3 is 1. The third-order valence-electron chi connectivity index (χ3n) is 3.86. The van der Waals surface area contributed by atoms with Gasteiger partial charge in [-0.1, -0.05) is 30.3 Å². The molecule has 146 valence electrons. The fraction of sp³-hybridized carbons (Fsp3) is 0.250. The van der Waals surface area contributed by atoms with Crippen LogP contribution in [-0.4, -0.2) is 48.4 Å². The van der Waals surface area contributed by atoms with E-state index in [4.69, 9.17) is 21.7 Å². The Morgan fingerprint density at radius 3 is 2.04 bits per heavy atom. The zero-order valence-corrected chi connectivity index (χ0v) is 16.5. The minimum absolute atomic E-state index is 0.175. The van der Waals surface area contributed by atoms with Gasteiger partial charge in [-0.3, -0.25) is 5.32 Å². The predicted molar refractivity (Wildman–Crippen MR) is 115 cm³/mol. The number of aromatic nitrogens is 2. The van der Waals surface area contributed by atoms with E-state index in [0.717, 1.165) is 37.2 Å². The Morgan fingerprint density at radius 2 is 1.46 bits per heavy atom. The zero-order chi connectivity index (χ0) is 19.6. The molecule has 0 radical (unpaired) electrons. The molecule has 1 aliphatic heterocycles. The molecule has 1 saturated heterocycles. The largest absolute Gasteiger partial charge is 0.478 e. The molecule has 0 unspecified atom stereocenters. The first kappa shape index (κ1) is 19.9. The molecule has 2 aromatic carbocycles. The van der Waals surface area contributed by atoms with Crippen molar-refractivity contribution in [2.45, 2.75) is 0 Å². The van der Waals surface area contributed by atoms with Crippen molar-refractivity contribution in [1.29, 1.82) is 0 Å². The van der Waals surface area contributed by atoms with E-state index in [9.17, 15) is 0 Å². The predicted octanol–water partition coefficient (Wildman–Crippen LogP) is 2.59. The van der Waals surface area contributed by atoms with Crippen LogP contribution in [0.4, 0.5) is 5.82 Å². The smallest absolute Gasteiger partial charge is 0.268 e. The van der Waals surface area contributed by atoms with Crippen LogP contribution in [0.15, 0.2) is 54.6 Å². The lowest BCUT2D eigenvalue weighted by molar-refractivity contribution is 0.400. The molecular weight excluding hydrogens is 374 g/mol. The van der Waals surface area contributed by atoms with Crippen LogP contribution in [0.5, 0.6) is 11.6 Å². The average Bonchev–Trinajstić information content (AvgIpc) is 2.75. The van der Waals surface area contributed by atoms with Crippen LogP contribution in [0.3, 0.4) is 0 Å². The second kappa shape index (κ2) is 10.5. The third-order valence-corrected chi connectivity index (χ3v) is 4.05. The minimum Gasteiger partial charge on any atom is -0.478 e. The summed E-state index contributed by atoms with van der Waals surface area (Å²) in [6, 6.07) is 16.8. The summed E-state index contributed by atoms with van der Waals surface area (Å²) < 4.78 is 10.8. The van der Waals surface area contributed by atoms with Gasteiger partial charge in [0.05, 0.1) is 18.1 Å². The molecule has 28 heavy (non-hydrogen) atoms. The van der Waals surface area contributed by atoms with Gasteiger partial charge in [0.25, 0.3) is 11.1 Å². The SMILES string of the molecule is C1CNCCN1.COc1nc2ccccc2nc1NC(=S)Oc1ccccc1. The van der Waals surface area contributed by atoms with Gasteiger partial charge in [0, 0.05) is 26.2 Å². The number of fused-ring (bicyclic) bond motifs is 1. The van der Waals surface area contributed by atoms with Crippen molar-refractivity contribution in [3.63, 3.8) is 0 Å². The Labute approximate surface area is 169 Å². The lowest BCUT2D eigenvalue weighted by Crippen LogP contribution is -2.39. The summed E-state index contributed by atoms with van der Waals surface area (Å²) in [7, 11) is 1.53. The van der Waals surface area contributed by atoms with E-state index in [-0.39, 0.29) is 5.17 Å². The Kier molecular flexibility index (Phi) is 7.48. The highest BCUT2D eigenvalue weighted by atomic mass is 32.1. The van der Waals surface area contributed by atoms with Crippen molar-refractivity contribution in [2.75, 3.05) is 38.6 Å². The number of nitrogens with zero attached hydrogens (tertiary/aromatic N) is 2. The van der Waals surface area contributed by atoms with Gasteiger partial charge in [0.15, 0.2) is 5.82 Å². The van der Waals surface area contributed by atoms with Crippen LogP contribution in [0.1, 0.15) is 0 Å². The second-order valence-electron chi connectivity index (χ2n) is 5.90. The summed E-state index contributed by atoms with van der Waals surface area (Å²) in [5, 5.41) is 9.53. The highest BCUT2D eigenvalue weighted by molar-refractivity contribution is 7.80. The third kappa shape index (κ3) is 5.85. The molecule has 7 nitrogen and oxygen atoms in total. The van der Waals surface area contributed by atoms with Gasteiger partial charge < -0.3 is 20.1 Å². The number of thiocarbonyl (C=S) groups is 1. The maximum Gasteiger partial charge on any atom is 0.268 e. The van der Waals surface area contributed by atoms with E-state index in [1.165, 1.54) is 7.11 Å². The molecule has 3 aromatic rings. The number of piperazine rings is 1. The fourth-order valence-corrected chi connectivity index (χ4v) is 2.72. The van der Waals surface area contributed by atoms with Crippen LogP contribution in [0, 0.1) is 0 Å². The van der Waals surface area contributed by atoms with Gasteiger partial charge in [0.1, 0.15) is 5.75 Å². The Bertz CT molecular complexity index is 892. The summed E-state index contributed by atoms with van der Waals surface area (Å²) in [6.45, 7) is 4.56. The first-order valence-electron chi connectivity index (χ1n) is 9.02. The van der Waals surface area contributed by atoms with Crippen molar-refractivity contribution < 1.29 is 9.47 Å². The highest BCUT2D eigenvalue weighted by Crippen LogP contribution is 2.23. The fourth-order valence-electron chi connectivity index (χ4n) is 2.53. The summed E-state index contributed by atoms with van der Waals surface area (Å²) in [5.41, 5.74) is 1.49. The van der Waals surface area contributed by atoms with Gasteiger partial charge in [-0.05, 0) is 36.5 Å². The number of hydrogen-bond acceptors (Lipinski definition) is 7. The van der Waals surface area contributed by atoms with Crippen LogP contribution >= 0.6 is 12.2 Å². The standard InChI is InChI=1S/C16H13N3O2S.C4H10N2/c1-20-15-14(17-12-9-5-6-10-13(12)18-15)19-16(22)21-11-7-3-2-4-8-11;1-2-6-4-3-5-1/h2-10H,1H3,(H,17,19,22);5-6H,1-4H2. The summed E-state index contributed by atoms with van der Waals surface area (Å²) in [5.74, 6) is 1.42. The van der Waals surface area contributed by atoms with Gasteiger partial charge >= 0.3 is 0 Å². The van der Waals surface area contributed by atoms with Crippen molar-refractivity contribution in [3.8, 4) is 11.6 Å². The number of nitrogens with one attached hydrogen (secondary N) is 3. The van der Waals surface area contributed by atoms with E-state index in [1.54, 1.807) is 0 Å². The number of anilines is 1. The molecule has 0 atom stereocenters. The molecule has 4 rings (SSSR count). The summed E-state index contributed by atoms with van der Waals surface area (Å²) in [6.07, 6.45) is 0. The molecule has 0 aliphatic carbocycles. The van der Waals surface area contributed by atoms with Crippen molar-refractivity contribution in [3.05, 3.63) is 54.6 Å². The number of benzene rings is 2. The molecule has 0 amide bonds. The topological polar surface area (TPSA) is 80.3 Å². The first-order chi connectivity index (χ1) is 13.8. The summed E-state index contributed by atoms with van der Waals surface area (Å²) in [4.78, 5) is 8.85. The van der Waals surface area contributed by atoms with Crippen molar-refractivity contribution >= 4 is 34.2 Å². The minimum atomic E-state index is 0.175. The molecule has 1 aliphatic rings. The lowest BCUT2D eigenvalue weighted by Gasteiger charge is -2.11. The monoisotopic (exact) mass is 397 g/mol. The van der Waals surface area contributed by atoms with Gasteiger partial charge in [0.2, 0.25) is 0 Å². The molecule has 1 fully saturated rings. The van der Waals surface area contributed by atoms with Crippen LogP contribution in [0.2, 0.25) is 0 Å². The van der Waals surface area contributed by atoms with E-state index < -0.39 is 0 Å². The average molecular weight is 398 g/mol. The Hall–Kier alpha value is -2.81. The molecule has 3 N–H and O–H groups in total.